The molecule has 0 aromatic carbocycles. The minimum Gasteiger partial charge on any atom is -0.299 e. The summed E-state index contributed by atoms with van der Waals surface area (Å²) in [6, 6.07) is 0.546. The maximum Gasteiger partial charge on any atom is 0.0720 e. The van der Waals surface area contributed by atoms with Gasteiger partial charge in [0.05, 0.1) is 7.85 Å². The van der Waals surface area contributed by atoms with Crippen molar-refractivity contribution < 1.29 is 0 Å². The Morgan fingerprint density at radius 2 is 1.57 bits per heavy atom. The van der Waals surface area contributed by atoms with Crippen LogP contribution in [0.2, 0.25) is 5.82 Å². The van der Waals surface area contributed by atoms with E-state index >= 15 is 0 Å². The van der Waals surface area contributed by atoms with Gasteiger partial charge >= 0.3 is 0 Å². The summed E-state index contributed by atoms with van der Waals surface area (Å²) in [7, 11) is 8.29. The van der Waals surface area contributed by atoms with Gasteiger partial charge in [-0.15, -0.1) is 0 Å². The van der Waals surface area contributed by atoms with E-state index in [1.165, 1.54) is 0 Å². The van der Waals surface area contributed by atoms with E-state index in [0.29, 0.717) is 12.0 Å². The highest BCUT2D eigenvalue weighted by Gasteiger charge is 2.34. The number of hydrogen-bond donors (Lipinski definition) is 0. The Morgan fingerprint density at radius 1 is 1.14 bits per heavy atom. The predicted octanol–water partition coefficient (Wildman–Crippen LogP) is 3.11. The van der Waals surface area contributed by atoms with Crippen LogP contribution in [0.3, 0.4) is 0 Å². The topological polar surface area (TPSA) is 3.24 Å². The summed E-state index contributed by atoms with van der Waals surface area (Å²) in [5.41, 5.74) is 0.113. The van der Waals surface area contributed by atoms with Crippen molar-refractivity contribution >= 4 is 7.85 Å². The Balaban J connectivity index is 4.71. The predicted molar refractivity (Wildman–Crippen MR) is 65.9 cm³/mol. The van der Waals surface area contributed by atoms with Crippen LogP contribution in [0, 0.1) is 5.92 Å². The molecule has 82 valence electrons. The van der Waals surface area contributed by atoms with Crippen molar-refractivity contribution in [3.05, 3.63) is 0 Å². The van der Waals surface area contributed by atoms with Crippen LogP contribution < -0.4 is 0 Å². The van der Waals surface area contributed by atoms with Crippen molar-refractivity contribution in [2.45, 2.75) is 65.4 Å². The summed E-state index contributed by atoms with van der Waals surface area (Å²) < 4.78 is 0. The Morgan fingerprint density at radius 3 is 1.79 bits per heavy atom. The third-order valence-corrected chi connectivity index (χ3v) is 3.38. The zero-order valence-electron chi connectivity index (χ0n) is 11.0. The minimum absolute atomic E-state index is 0.113. The average molecular weight is 195 g/mol. The molecule has 0 spiro atoms. The molecule has 0 fully saturated rings. The molecule has 0 amide bonds. The Bertz CT molecular complexity index is 166. The van der Waals surface area contributed by atoms with E-state index in [2.05, 4.69) is 53.5 Å². The van der Waals surface area contributed by atoms with Gasteiger partial charge in [-0.05, 0) is 40.2 Å². The van der Waals surface area contributed by atoms with Gasteiger partial charge in [-0.3, -0.25) is 4.90 Å². The summed E-state index contributed by atoms with van der Waals surface area (Å²) in [6.07, 6.45) is 1.15. The molecule has 0 aromatic rings. The van der Waals surface area contributed by atoms with E-state index in [0.717, 1.165) is 6.42 Å². The molecule has 0 saturated heterocycles. The highest BCUT2D eigenvalue weighted by Crippen LogP contribution is 2.33. The molecular formula is C12H26BN. The smallest absolute Gasteiger partial charge is 0.0720 e. The van der Waals surface area contributed by atoms with Crippen molar-refractivity contribution in [3.63, 3.8) is 0 Å². The fourth-order valence-electron chi connectivity index (χ4n) is 2.07. The van der Waals surface area contributed by atoms with E-state index in [9.17, 15) is 0 Å². The molecule has 0 rings (SSSR count). The van der Waals surface area contributed by atoms with Crippen molar-refractivity contribution in [1.82, 2.24) is 4.90 Å². The zero-order chi connectivity index (χ0) is 11.5. The van der Waals surface area contributed by atoms with Gasteiger partial charge in [-0.2, -0.15) is 0 Å². The molecule has 14 heavy (non-hydrogen) atoms. The minimum atomic E-state index is 0.113. The van der Waals surface area contributed by atoms with Crippen molar-refractivity contribution in [1.29, 1.82) is 0 Å². The molecule has 0 saturated carbocycles. The SMILES string of the molecule is [B]C(C)C(C)(CC(C)C)N(C)C(C)C. The van der Waals surface area contributed by atoms with Gasteiger partial charge in [0.15, 0.2) is 0 Å². The zero-order valence-corrected chi connectivity index (χ0v) is 11.0. The van der Waals surface area contributed by atoms with E-state index in [-0.39, 0.29) is 11.4 Å². The standard InChI is InChI=1S/C12H26BN/c1-9(2)8-12(6,11(5)13)14(7)10(3)4/h9-11H,8H2,1-7H3. The highest BCUT2D eigenvalue weighted by atomic mass is 15.2. The third kappa shape index (κ3) is 3.31. The molecule has 1 nitrogen and oxygen atoms in total. The highest BCUT2D eigenvalue weighted by molar-refractivity contribution is 6.12. The van der Waals surface area contributed by atoms with Gasteiger partial charge in [0.1, 0.15) is 0 Å². The van der Waals surface area contributed by atoms with Crippen LogP contribution in [-0.2, 0) is 0 Å². The molecule has 2 radical (unpaired) electrons. The summed E-state index contributed by atoms with van der Waals surface area (Å²) >= 11 is 0. The Labute approximate surface area is 91.7 Å². The van der Waals surface area contributed by atoms with Gasteiger partial charge in [0.25, 0.3) is 0 Å². The lowest BCUT2D eigenvalue weighted by Gasteiger charge is -2.46. The fraction of sp³-hybridized carbons (Fsp3) is 1.00. The molecular weight excluding hydrogens is 169 g/mol. The largest absolute Gasteiger partial charge is 0.299 e. The molecule has 0 aliphatic heterocycles. The molecule has 0 aliphatic carbocycles. The number of nitrogens with zero attached hydrogens (tertiary/aromatic N) is 1. The Kier molecular flexibility index (Phi) is 5.21. The normalized spacial score (nSPS) is 19.0. The van der Waals surface area contributed by atoms with Crippen molar-refractivity contribution in [2.75, 3.05) is 7.05 Å². The molecule has 2 atom stereocenters. The summed E-state index contributed by atoms with van der Waals surface area (Å²) in [5, 5.41) is 0. The molecule has 0 aliphatic rings. The van der Waals surface area contributed by atoms with Crippen molar-refractivity contribution in [3.8, 4) is 0 Å². The second kappa shape index (κ2) is 5.20. The molecule has 0 heterocycles. The first-order valence-electron chi connectivity index (χ1n) is 5.70. The second-order valence-electron chi connectivity index (χ2n) is 5.45. The van der Waals surface area contributed by atoms with Gasteiger partial charge in [0, 0.05) is 11.6 Å². The molecule has 0 bridgehead atoms. The lowest BCUT2D eigenvalue weighted by atomic mass is 9.68. The van der Waals surface area contributed by atoms with E-state index in [4.69, 9.17) is 7.85 Å². The van der Waals surface area contributed by atoms with Crippen LogP contribution in [0.5, 0.6) is 0 Å². The van der Waals surface area contributed by atoms with Crippen LogP contribution >= 0.6 is 0 Å². The van der Waals surface area contributed by atoms with Gasteiger partial charge in [-0.25, -0.2) is 0 Å². The molecule has 2 unspecified atom stereocenters. The van der Waals surface area contributed by atoms with Crippen LogP contribution in [0.4, 0.5) is 0 Å². The maximum atomic E-state index is 6.12. The van der Waals surface area contributed by atoms with E-state index in [1.54, 1.807) is 0 Å². The average Bonchev–Trinajstić information content (AvgIpc) is 2.00. The quantitative estimate of drug-likeness (QED) is 0.609. The van der Waals surface area contributed by atoms with Crippen LogP contribution in [0.1, 0.15) is 48.0 Å². The van der Waals surface area contributed by atoms with Crippen LogP contribution in [0.25, 0.3) is 0 Å². The number of hydrogen-bond acceptors (Lipinski definition) is 1. The second-order valence-corrected chi connectivity index (χ2v) is 5.45. The van der Waals surface area contributed by atoms with Gasteiger partial charge in [-0.1, -0.05) is 26.6 Å². The molecule has 2 heteroatoms. The van der Waals surface area contributed by atoms with Crippen LogP contribution in [-0.4, -0.2) is 31.4 Å². The van der Waals surface area contributed by atoms with E-state index in [1.807, 2.05) is 0 Å². The fourth-order valence-corrected chi connectivity index (χ4v) is 2.07. The maximum absolute atomic E-state index is 6.12. The first-order valence-corrected chi connectivity index (χ1v) is 5.70. The first kappa shape index (κ1) is 14.0. The monoisotopic (exact) mass is 195 g/mol. The lowest BCUT2D eigenvalue weighted by molar-refractivity contribution is 0.0776. The summed E-state index contributed by atoms with van der Waals surface area (Å²) in [4.78, 5) is 2.40. The lowest BCUT2D eigenvalue weighted by Crippen LogP contribution is -2.50. The first-order chi connectivity index (χ1) is 6.21. The summed E-state index contributed by atoms with van der Waals surface area (Å²) in [6.45, 7) is 13.4. The third-order valence-electron chi connectivity index (χ3n) is 3.38. The Hall–Kier alpha value is 0.0249. The van der Waals surface area contributed by atoms with Crippen molar-refractivity contribution in [2.24, 2.45) is 5.92 Å². The number of rotatable bonds is 5. The van der Waals surface area contributed by atoms with Crippen LogP contribution in [0.15, 0.2) is 0 Å². The van der Waals surface area contributed by atoms with E-state index < -0.39 is 0 Å². The molecule has 0 N–H and O–H groups in total. The summed E-state index contributed by atoms with van der Waals surface area (Å²) in [5.74, 6) is 0.893. The molecule has 0 aromatic heterocycles. The van der Waals surface area contributed by atoms with Gasteiger partial charge in [0.2, 0.25) is 0 Å². The van der Waals surface area contributed by atoms with Gasteiger partial charge < -0.3 is 0 Å².